The molecule has 722 valence electrons. The Kier molecular flexibility index (Phi) is 92.4. The van der Waals surface area contributed by atoms with Gasteiger partial charge in [0.05, 0.1) is 27.6 Å². The van der Waals surface area contributed by atoms with Gasteiger partial charge >= 0.3 is 0 Å². The molecule has 0 atom stereocenters. The molecule has 6 aromatic heterocycles. The Morgan fingerprint density at radius 3 is 0.624 bits per heavy atom. The molecular formula is C127H184N6. The summed E-state index contributed by atoms with van der Waals surface area (Å²) >= 11 is 0. The molecule has 1 aliphatic carbocycles. The minimum atomic E-state index is 0.160. The fraction of sp³-hybridized carbons (Fsp3) is 0.339. The van der Waals surface area contributed by atoms with Gasteiger partial charge in [-0.15, -0.1) is 0 Å². The molecule has 133 heavy (non-hydrogen) atoms. The predicted octanol–water partition coefficient (Wildman–Crippen LogP) is 42.3. The molecular weight excluding hydrogens is 1610 g/mol. The Labute approximate surface area is 815 Å². The van der Waals surface area contributed by atoms with Crippen molar-refractivity contribution in [2.45, 2.75) is 296 Å². The lowest BCUT2D eigenvalue weighted by Crippen LogP contribution is -2.14. The van der Waals surface area contributed by atoms with Gasteiger partial charge in [0.1, 0.15) is 0 Å². The van der Waals surface area contributed by atoms with Gasteiger partial charge in [0, 0.05) is 90.4 Å². The first-order valence-corrected chi connectivity index (χ1v) is 50.9. The molecule has 6 heterocycles. The maximum atomic E-state index is 4.60. The quantitative estimate of drug-likeness (QED) is 0.141. The number of rotatable bonds is 0. The van der Waals surface area contributed by atoms with Crippen LogP contribution in [0.2, 0.25) is 0 Å². The summed E-state index contributed by atoms with van der Waals surface area (Å²) in [6.07, 6.45) is 7.10. The van der Waals surface area contributed by atoms with E-state index in [-0.39, 0.29) is 5.41 Å². The van der Waals surface area contributed by atoms with Crippen LogP contribution in [0.3, 0.4) is 0 Å². The van der Waals surface area contributed by atoms with Crippen LogP contribution in [0.5, 0.6) is 0 Å². The Morgan fingerprint density at radius 2 is 0.383 bits per heavy atom. The van der Waals surface area contributed by atoms with Gasteiger partial charge in [0.25, 0.3) is 0 Å². The summed E-state index contributed by atoms with van der Waals surface area (Å²) in [6, 6.07) is 112. The first kappa shape index (κ1) is 134. The highest BCUT2D eigenvalue weighted by Crippen LogP contribution is 2.48. The fourth-order valence-electron chi connectivity index (χ4n) is 12.6. The van der Waals surface area contributed by atoms with Crippen molar-refractivity contribution in [3.8, 4) is 11.1 Å². The number of aromatic nitrogens is 6. The molecule has 12 aromatic carbocycles. The van der Waals surface area contributed by atoms with Crippen LogP contribution in [0.1, 0.15) is 297 Å². The van der Waals surface area contributed by atoms with Crippen LogP contribution in [0.15, 0.2) is 352 Å². The summed E-state index contributed by atoms with van der Waals surface area (Å²) in [5, 5.41) is 16.2. The average Bonchev–Trinajstić information content (AvgIpc) is 1.65. The molecule has 0 unspecified atom stereocenters. The van der Waals surface area contributed by atoms with Crippen molar-refractivity contribution in [1.82, 2.24) is 29.9 Å². The third-order valence-electron chi connectivity index (χ3n) is 17.4. The van der Waals surface area contributed by atoms with Crippen molar-refractivity contribution < 1.29 is 0 Å². The van der Waals surface area contributed by atoms with Gasteiger partial charge in [-0.1, -0.05) is 554 Å². The maximum absolute atomic E-state index is 4.60. The minimum absolute atomic E-state index is 0.160. The minimum Gasteiger partial charge on any atom is -0.265 e. The van der Waals surface area contributed by atoms with E-state index in [1.807, 2.05) is 316 Å². The van der Waals surface area contributed by atoms with Crippen LogP contribution in [-0.4, -0.2) is 29.9 Å². The SMILES string of the molecule is CC.CC.CC.CC.CC.CC.CC.CC.CC.CC.CC.CC.CC.CC.CC.CC.CC.CC.CC1(C)c2ccccc2-c2ccccc21.Cc1ccccc1.Cc1nc2ccccc2c2ccccc12.Cc1nc2ccccc2c2ccccc12.Cc1nc2ccccc2c2ccccc12.c1ccc2ccccc2c1.c1ccncc1.c1cnc2c(c1)ccc1cccnc12. The number of hydrogen-bond acceptors (Lipinski definition) is 6. The van der Waals surface area contributed by atoms with Crippen LogP contribution in [0.25, 0.3) is 109 Å². The lowest BCUT2D eigenvalue weighted by Gasteiger charge is -2.20. The number of para-hydroxylation sites is 3. The third-order valence-corrected chi connectivity index (χ3v) is 17.4. The van der Waals surface area contributed by atoms with Gasteiger partial charge in [0.15, 0.2) is 0 Å². The van der Waals surface area contributed by atoms with Crippen molar-refractivity contribution in [2.75, 3.05) is 0 Å². The molecule has 0 fully saturated rings. The molecule has 1 aliphatic rings. The number of nitrogens with zero attached hydrogens (tertiary/aromatic N) is 6. The van der Waals surface area contributed by atoms with Crippen LogP contribution < -0.4 is 0 Å². The molecule has 19 rings (SSSR count). The van der Waals surface area contributed by atoms with Crippen LogP contribution in [0, 0.1) is 27.7 Å². The zero-order chi connectivity index (χ0) is 103. The highest BCUT2D eigenvalue weighted by Gasteiger charge is 2.34. The lowest BCUT2D eigenvalue weighted by molar-refractivity contribution is 0.660. The Morgan fingerprint density at radius 1 is 0.173 bits per heavy atom. The van der Waals surface area contributed by atoms with Gasteiger partial charge in [0.2, 0.25) is 0 Å². The second-order valence-corrected chi connectivity index (χ2v) is 24.2. The topological polar surface area (TPSA) is 77.3 Å². The molecule has 0 bridgehead atoms. The van der Waals surface area contributed by atoms with Crippen LogP contribution in [0.4, 0.5) is 0 Å². The van der Waals surface area contributed by atoms with Crippen molar-refractivity contribution in [3.63, 3.8) is 0 Å². The standard InChI is InChI=1S/C15H14.3C14H11N.C12H8N2.C10H8.C7H8.C5H5N.18C2H6/c1-15(2)13-9-5-3-7-11(13)12-8-4-6-10-14(12)15;3*1-10-11-6-2-3-7-12(11)13-8-4-5-9-14(13)15-10;1-3-9-5-6-10-4-2-8-14-12(10)11(9)13-7-1;1-2-6-10-8-4-3-7-9(10)5-1;1-7-5-3-2-4-6-7;1-2-4-6-5-3-1;18*1-2/h3-10H,1-2H3;3*2-9H,1H3;1-8H;1-8H;2-6H,1H3;1-5H;18*1-2H3. The maximum Gasteiger partial charge on any atom is 0.0964 e. The molecule has 0 radical (unpaired) electrons. The predicted molar refractivity (Wildman–Crippen MR) is 617 cm³/mol. The third kappa shape index (κ3) is 45.7. The lowest BCUT2D eigenvalue weighted by atomic mass is 9.82. The van der Waals surface area contributed by atoms with Gasteiger partial charge in [-0.3, -0.25) is 29.9 Å². The summed E-state index contributed by atoms with van der Waals surface area (Å²) in [6.45, 7) is 84.9. The first-order chi connectivity index (χ1) is 65.6. The van der Waals surface area contributed by atoms with Crippen molar-refractivity contribution in [3.05, 3.63) is 386 Å². The fourth-order valence-corrected chi connectivity index (χ4v) is 12.6. The number of benzene rings is 12. The van der Waals surface area contributed by atoms with Crippen molar-refractivity contribution in [1.29, 1.82) is 0 Å². The summed E-state index contributed by atoms with van der Waals surface area (Å²) in [7, 11) is 0. The van der Waals surface area contributed by atoms with Crippen LogP contribution >= 0.6 is 0 Å². The van der Waals surface area contributed by atoms with E-state index < -0.39 is 0 Å². The van der Waals surface area contributed by atoms with Gasteiger partial charge in [-0.2, -0.15) is 0 Å². The number of hydrogen-bond donors (Lipinski definition) is 0. The second kappa shape index (κ2) is 91.8. The Bertz CT molecular complexity index is 5170. The normalized spacial score (nSPS) is 9.04. The molecule has 6 nitrogen and oxygen atoms in total. The zero-order valence-corrected chi connectivity index (χ0v) is 91.7. The molecule has 0 saturated carbocycles. The largest absolute Gasteiger partial charge is 0.265 e. The number of pyridine rings is 6. The van der Waals surface area contributed by atoms with Crippen LogP contribution in [-0.2, 0) is 5.41 Å². The van der Waals surface area contributed by atoms with E-state index in [1.54, 1.807) is 24.8 Å². The summed E-state index contributed by atoms with van der Waals surface area (Å²) in [5.74, 6) is 0. The van der Waals surface area contributed by atoms with E-state index in [2.05, 4.69) is 332 Å². The van der Waals surface area contributed by atoms with Crippen molar-refractivity contribution >= 4 is 97.6 Å². The van der Waals surface area contributed by atoms with E-state index in [0.717, 1.165) is 55.4 Å². The monoisotopic (exact) mass is 1790 g/mol. The average molecular weight is 1790 g/mol. The second-order valence-electron chi connectivity index (χ2n) is 24.2. The molecule has 0 aliphatic heterocycles. The van der Waals surface area contributed by atoms with Gasteiger partial charge in [-0.25, -0.2) is 0 Å². The molecule has 6 heteroatoms. The van der Waals surface area contributed by atoms with E-state index in [0.29, 0.717) is 0 Å². The smallest absolute Gasteiger partial charge is 0.0964 e. The van der Waals surface area contributed by atoms with Crippen molar-refractivity contribution in [2.24, 2.45) is 0 Å². The van der Waals surface area contributed by atoms with Gasteiger partial charge < -0.3 is 0 Å². The van der Waals surface area contributed by atoms with E-state index in [1.165, 1.54) is 87.1 Å². The molecule has 0 spiro atoms. The summed E-state index contributed by atoms with van der Waals surface area (Å²) in [4.78, 5) is 26.3. The zero-order valence-electron chi connectivity index (χ0n) is 91.7. The number of aryl methyl sites for hydroxylation is 4. The molecule has 0 saturated heterocycles. The van der Waals surface area contributed by atoms with E-state index in [4.69, 9.17) is 0 Å². The number of fused-ring (bicyclic) bond motifs is 16. The molecule has 18 aromatic rings. The molecule has 0 N–H and O–H groups in total. The Balaban J connectivity index is -0.000000262. The Hall–Kier alpha value is -12.1. The first-order valence-electron chi connectivity index (χ1n) is 50.9. The molecule has 0 amide bonds. The summed E-state index contributed by atoms with van der Waals surface area (Å²) in [5.41, 5.74) is 15.7. The van der Waals surface area contributed by atoms with E-state index >= 15 is 0 Å². The highest BCUT2D eigenvalue weighted by molar-refractivity contribution is 6.09. The summed E-state index contributed by atoms with van der Waals surface area (Å²) < 4.78 is 0. The van der Waals surface area contributed by atoms with E-state index in [9.17, 15) is 0 Å². The highest BCUT2D eigenvalue weighted by atomic mass is 14.7. The van der Waals surface area contributed by atoms with Gasteiger partial charge in [-0.05, 0) is 119 Å².